The van der Waals surface area contributed by atoms with Gasteiger partial charge in [0.2, 0.25) is 0 Å². The average molecular weight is 254 g/mol. The third-order valence-corrected chi connectivity index (χ3v) is 3.00. The molecule has 96 valence electrons. The van der Waals surface area contributed by atoms with E-state index in [0.29, 0.717) is 16.8 Å². The summed E-state index contributed by atoms with van der Waals surface area (Å²) in [5.74, 6) is 0. The van der Waals surface area contributed by atoms with Crippen molar-refractivity contribution in [3.8, 4) is 6.07 Å². The first-order chi connectivity index (χ1) is 8.40. The molecule has 0 atom stereocenters. The Labute approximate surface area is 104 Å². The Morgan fingerprint density at radius 2 is 2.06 bits per heavy atom. The van der Waals surface area contributed by atoms with E-state index < -0.39 is 12.7 Å². The molecule has 1 fully saturated rings. The standard InChI is InChI=1S/C13H13F3N2/c1-9-6-12(3-2-10(9)7-17)18(11-4-5-11)8-13(14,15)16/h2-3,6,11H,4-5,8H2,1H3. The molecule has 0 unspecified atom stereocenters. The summed E-state index contributed by atoms with van der Waals surface area (Å²) in [6, 6.07) is 6.83. The SMILES string of the molecule is Cc1cc(N(CC(F)(F)F)C2CC2)ccc1C#N. The van der Waals surface area contributed by atoms with Gasteiger partial charge in [-0.3, -0.25) is 0 Å². The molecule has 0 radical (unpaired) electrons. The number of alkyl halides is 3. The van der Waals surface area contributed by atoms with Gasteiger partial charge in [-0.2, -0.15) is 18.4 Å². The molecular formula is C13H13F3N2. The quantitative estimate of drug-likeness (QED) is 0.826. The van der Waals surface area contributed by atoms with Crippen LogP contribution in [0.15, 0.2) is 18.2 Å². The van der Waals surface area contributed by atoms with E-state index in [1.54, 1.807) is 25.1 Å². The Bertz CT molecular complexity index is 484. The number of halogens is 3. The van der Waals surface area contributed by atoms with E-state index >= 15 is 0 Å². The zero-order chi connectivity index (χ0) is 13.3. The van der Waals surface area contributed by atoms with E-state index in [9.17, 15) is 13.2 Å². The molecule has 1 aliphatic carbocycles. The maximum atomic E-state index is 12.5. The average Bonchev–Trinajstić information content (AvgIpc) is 3.08. The second-order valence-corrected chi connectivity index (χ2v) is 4.59. The van der Waals surface area contributed by atoms with E-state index in [2.05, 4.69) is 0 Å². The highest BCUT2D eigenvalue weighted by Crippen LogP contribution is 2.34. The van der Waals surface area contributed by atoms with E-state index in [1.807, 2.05) is 6.07 Å². The summed E-state index contributed by atoms with van der Waals surface area (Å²) in [7, 11) is 0. The van der Waals surface area contributed by atoms with Crippen LogP contribution in [-0.4, -0.2) is 18.8 Å². The monoisotopic (exact) mass is 254 g/mol. The minimum Gasteiger partial charge on any atom is -0.360 e. The maximum absolute atomic E-state index is 12.5. The molecule has 18 heavy (non-hydrogen) atoms. The number of rotatable bonds is 3. The van der Waals surface area contributed by atoms with Gasteiger partial charge < -0.3 is 4.90 Å². The largest absolute Gasteiger partial charge is 0.405 e. The van der Waals surface area contributed by atoms with Crippen molar-refractivity contribution < 1.29 is 13.2 Å². The van der Waals surface area contributed by atoms with Crippen molar-refractivity contribution in [2.75, 3.05) is 11.4 Å². The van der Waals surface area contributed by atoms with Crippen LogP contribution in [0.25, 0.3) is 0 Å². The third-order valence-electron chi connectivity index (χ3n) is 3.00. The lowest BCUT2D eigenvalue weighted by atomic mass is 10.1. The Balaban J connectivity index is 2.26. The predicted molar refractivity (Wildman–Crippen MR) is 62.3 cm³/mol. The summed E-state index contributed by atoms with van der Waals surface area (Å²) in [6.45, 7) is 0.809. The van der Waals surface area contributed by atoms with Crippen LogP contribution in [0.1, 0.15) is 24.0 Å². The number of aryl methyl sites for hydroxylation is 1. The highest BCUT2D eigenvalue weighted by atomic mass is 19.4. The minimum atomic E-state index is -4.20. The van der Waals surface area contributed by atoms with Crippen molar-refractivity contribution in [1.82, 2.24) is 0 Å². The minimum absolute atomic E-state index is 0.0149. The van der Waals surface area contributed by atoms with Crippen molar-refractivity contribution in [1.29, 1.82) is 5.26 Å². The third kappa shape index (κ3) is 2.95. The number of benzene rings is 1. The van der Waals surface area contributed by atoms with Crippen LogP contribution in [0.3, 0.4) is 0 Å². The van der Waals surface area contributed by atoms with Crippen LogP contribution in [0.5, 0.6) is 0 Å². The van der Waals surface area contributed by atoms with E-state index in [-0.39, 0.29) is 6.04 Å². The Morgan fingerprint density at radius 1 is 1.39 bits per heavy atom. The highest BCUT2D eigenvalue weighted by molar-refractivity contribution is 5.55. The van der Waals surface area contributed by atoms with Crippen LogP contribution in [0.4, 0.5) is 18.9 Å². The molecular weight excluding hydrogens is 241 g/mol. The Hall–Kier alpha value is -1.70. The van der Waals surface area contributed by atoms with Crippen molar-refractivity contribution in [3.05, 3.63) is 29.3 Å². The van der Waals surface area contributed by atoms with Gasteiger partial charge in [-0.15, -0.1) is 0 Å². The molecule has 5 heteroatoms. The fourth-order valence-corrected chi connectivity index (χ4v) is 1.96. The fourth-order valence-electron chi connectivity index (χ4n) is 1.96. The van der Waals surface area contributed by atoms with Gasteiger partial charge in [0.05, 0.1) is 11.6 Å². The smallest absolute Gasteiger partial charge is 0.360 e. The van der Waals surface area contributed by atoms with Crippen molar-refractivity contribution in [2.45, 2.75) is 32.0 Å². The summed E-state index contributed by atoms with van der Waals surface area (Å²) in [5.41, 5.74) is 1.76. The predicted octanol–water partition coefficient (Wildman–Crippen LogP) is 3.40. The molecule has 0 heterocycles. The van der Waals surface area contributed by atoms with Crippen LogP contribution < -0.4 is 4.90 Å². The normalized spacial score (nSPS) is 15.3. The first-order valence-electron chi connectivity index (χ1n) is 5.75. The lowest BCUT2D eigenvalue weighted by molar-refractivity contribution is -0.120. The van der Waals surface area contributed by atoms with Crippen LogP contribution in [0.2, 0.25) is 0 Å². The summed E-state index contributed by atoms with van der Waals surface area (Å²) >= 11 is 0. The van der Waals surface area contributed by atoms with Crippen LogP contribution in [-0.2, 0) is 0 Å². The highest BCUT2D eigenvalue weighted by Gasteiger charge is 2.38. The van der Waals surface area contributed by atoms with Crippen molar-refractivity contribution >= 4 is 5.69 Å². The number of hydrogen-bond acceptors (Lipinski definition) is 2. The topological polar surface area (TPSA) is 27.0 Å². The fraction of sp³-hybridized carbons (Fsp3) is 0.462. The molecule has 0 amide bonds. The molecule has 0 saturated heterocycles. The van der Waals surface area contributed by atoms with Crippen LogP contribution in [0, 0.1) is 18.3 Å². The molecule has 0 N–H and O–H groups in total. The first-order valence-corrected chi connectivity index (χ1v) is 5.75. The molecule has 1 aromatic carbocycles. The summed E-state index contributed by atoms with van der Waals surface area (Å²) < 4.78 is 37.6. The van der Waals surface area contributed by atoms with Gasteiger partial charge in [0.15, 0.2) is 0 Å². The molecule has 2 rings (SSSR count). The molecule has 1 aromatic rings. The molecule has 2 nitrogen and oxygen atoms in total. The van der Waals surface area contributed by atoms with Gasteiger partial charge in [-0.1, -0.05) is 0 Å². The lowest BCUT2D eigenvalue weighted by Crippen LogP contribution is -2.36. The molecule has 0 spiro atoms. The molecule has 1 aliphatic rings. The molecule has 0 bridgehead atoms. The van der Waals surface area contributed by atoms with E-state index in [4.69, 9.17) is 5.26 Å². The van der Waals surface area contributed by atoms with Crippen molar-refractivity contribution in [2.24, 2.45) is 0 Å². The van der Waals surface area contributed by atoms with Gasteiger partial charge in [-0.05, 0) is 43.5 Å². The molecule has 0 aliphatic heterocycles. The Kier molecular flexibility index (Phi) is 3.20. The number of nitrogens with zero attached hydrogens (tertiary/aromatic N) is 2. The summed E-state index contributed by atoms with van der Waals surface area (Å²) in [6.07, 6.45) is -2.60. The Morgan fingerprint density at radius 3 is 2.50 bits per heavy atom. The second kappa shape index (κ2) is 4.52. The van der Waals surface area contributed by atoms with Gasteiger partial charge in [0, 0.05) is 11.7 Å². The van der Waals surface area contributed by atoms with E-state index in [1.165, 1.54) is 4.90 Å². The zero-order valence-electron chi connectivity index (χ0n) is 9.96. The van der Waals surface area contributed by atoms with Crippen LogP contribution >= 0.6 is 0 Å². The van der Waals surface area contributed by atoms with E-state index in [0.717, 1.165) is 12.8 Å². The molecule has 0 aromatic heterocycles. The zero-order valence-corrected chi connectivity index (χ0v) is 9.96. The van der Waals surface area contributed by atoms with Gasteiger partial charge in [0.1, 0.15) is 6.54 Å². The number of nitriles is 1. The summed E-state index contributed by atoms with van der Waals surface area (Å²) in [4.78, 5) is 1.38. The van der Waals surface area contributed by atoms with Gasteiger partial charge in [0.25, 0.3) is 0 Å². The van der Waals surface area contributed by atoms with Gasteiger partial charge in [-0.25, -0.2) is 0 Å². The summed E-state index contributed by atoms with van der Waals surface area (Å²) in [5, 5.41) is 8.81. The second-order valence-electron chi connectivity index (χ2n) is 4.59. The van der Waals surface area contributed by atoms with Crippen molar-refractivity contribution in [3.63, 3.8) is 0 Å². The first kappa shape index (κ1) is 12.7. The number of anilines is 1. The van der Waals surface area contributed by atoms with Gasteiger partial charge >= 0.3 is 6.18 Å². The lowest BCUT2D eigenvalue weighted by Gasteiger charge is -2.26. The number of hydrogen-bond donors (Lipinski definition) is 0. The molecule has 1 saturated carbocycles. The maximum Gasteiger partial charge on any atom is 0.405 e.